The van der Waals surface area contributed by atoms with Gasteiger partial charge in [0, 0.05) is 5.69 Å². The molecule has 0 aliphatic rings. The van der Waals surface area contributed by atoms with Crippen molar-refractivity contribution in [1.82, 2.24) is 0 Å². The second kappa shape index (κ2) is 6.41. The van der Waals surface area contributed by atoms with Crippen LogP contribution in [-0.2, 0) is 17.1 Å². The molecular formula is C12H7F6N3OS. The van der Waals surface area contributed by atoms with Crippen LogP contribution in [0, 0.1) is 17.2 Å². The van der Waals surface area contributed by atoms with E-state index in [9.17, 15) is 31.1 Å². The lowest BCUT2D eigenvalue weighted by molar-refractivity contribution is -0.143. The van der Waals surface area contributed by atoms with E-state index in [1.54, 1.807) is 0 Å². The highest BCUT2D eigenvalue weighted by Gasteiger charge is 2.37. The highest BCUT2D eigenvalue weighted by Crippen LogP contribution is 2.37. The Labute approximate surface area is 130 Å². The summed E-state index contributed by atoms with van der Waals surface area (Å²) in [5.74, 6) is -2.87. The van der Waals surface area contributed by atoms with Crippen LogP contribution in [0.5, 0.6) is 0 Å². The van der Waals surface area contributed by atoms with Crippen LogP contribution in [0.1, 0.15) is 11.1 Å². The molecule has 0 heterocycles. The van der Waals surface area contributed by atoms with Crippen molar-refractivity contribution < 1.29 is 31.1 Å². The minimum absolute atomic E-state index is 0.0654. The van der Waals surface area contributed by atoms with E-state index in [0.717, 1.165) is 0 Å². The molecule has 1 unspecified atom stereocenters. The van der Waals surface area contributed by atoms with Crippen LogP contribution in [0.15, 0.2) is 18.2 Å². The largest absolute Gasteiger partial charge is 0.416 e. The first kappa shape index (κ1) is 18.7. The molecule has 0 radical (unpaired) electrons. The number of thiocarbonyl (C=S) groups is 1. The molecule has 0 saturated heterocycles. The van der Waals surface area contributed by atoms with E-state index in [4.69, 9.17) is 11.0 Å². The summed E-state index contributed by atoms with van der Waals surface area (Å²) >= 11 is 4.61. The maximum atomic E-state index is 12.7. The van der Waals surface area contributed by atoms with Gasteiger partial charge in [0.05, 0.1) is 17.2 Å². The molecule has 0 saturated carbocycles. The van der Waals surface area contributed by atoms with Gasteiger partial charge in [-0.15, -0.1) is 0 Å². The van der Waals surface area contributed by atoms with Crippen molar-refractivity contribution in [2.24, 2.45) is 11.7 Å². The fourth-order valence-electron chi connectivity index (χ4n) is 1.49. The predicted molar refractivity (Wildman–Crippen MR) is 71.0 cm³/mol. The van der Waals surface area contributed by atoms with Crippen LogP contribution in [-0.4, -0.2) is 10.9 Å². The van der Waals surface area contributed by atoms with Gasteiger partial charge in [0.25, 0.3) is 0 Å². The third-order valence-electron chi connectivity index (χ3n) is 2.53. The van der Waals surface area contributed by atoms with E-state index >= 15 is 0 Å². The van der Waals surface area contributed by atoms with Gasteiger partial charge >= 0.3 is 12.4 Å². The van der Waals surface area contributed by atoms with Gasteiger partial charge in [0.15, 0.2) is 5.92 Å². The number of benzene rings is 1. The predicted octanol–water partition coefficient (Wildman–Crippen LogP) is 3.09. The molecule has 4 nitrogen and oxygen atoms in total. The third-order valence-corrected chi connectivity index (χ3v) is 2.87. The van der Waals surface area contributed by atoms with Crippen molar-refractivity contribution >= 4 is 28.8 Å². The van der Waals surface area contributed by atoms with Gasteiger partial charge in [-0.25, -0.2) is 0 Å². The summed E-state index contributed by atoms with van der Waals surface area (Å²) in [7, 11) is 0. The number of amides is 1. The average Bonchev–Trinajstić information content (AvgIpc) is 2.36. The minimum Gasteiger partial charge on any atom is -0.368 e. The fourth-order valence-corrected chi connectivity index (χ4v) is 1.78. The summed E-state index contributed by atoms with van der Waals surface area (Å²) in [6.45, 7) is 0. The van der Waals surface area contributed by atoms with Crippen LogP contribution in [0.2, 0.25) is 0 Å². The number of hydrogen-bond donors (Lipinski definition) is 2. The molecule has 11 heteroatoms. The Morgan fingerprint density at radius 1 is 1.13 bits per heavy atom. The lowest BCUT2D eigenvalue weighted by atomic mass is 10.1. The van der Waals surface area contributed by atoms with Crippen molar-refractivity contribution in [3.63, 3.8) is 0 Å². The summed E-state index contributed by atoms with van der Waals surface area (Å²) < 4.78 is 76.0. The Morgan fingerprint density at radius 2 is 1.57 bits per heavy atom. The zero-order valence-electron chi connectivity index (χ0n) is 10.9. The zero-order chi connectivity index (χ0) is 18.0. The first-order valence-corrected chi connectivity index (χ1v) is 6.06. The van der Waals surface area contributed by atoms with Gasteiger partial charge in [-0.3, -0.25) is 4.79 Å². The number of rotatable bonds is 3. The first-order valence-electron chi connectivity index (χ1n) is 5.65. The number of carbonyl (C=O) groups excluding carboxylic acids is 1. The Kier molecular flexibility index (Phi) is 5.21. The number of nitrogens with one attached hydrogen (secondary N) is 1. The normalized spacial score (nSPS) is 13.1. The molecule has 1 rings (SSSR count). The highest BCUT2D eigenvalue weighted by molar-refractivity contribution is 7.80. The Bertz CT molecular complexity index is 645. The summed E-state index contributed by atoms with van der Waals surface area (Å²) in [6, 6.07) is 2.07. The average molecular weight is 355 g/mol. The molecule has 23 heavy (non-hydrogen) atoms. The number of anilines is 1. The number of nitrogens with zero attached hydrogens (tertiary/aromatic N) is 1. The van der Waals surface area contributed by atoms with E-state index in [1.165, 1.54) is 6.07 Å². The number of alkyl halides is 6. The van der Waals surface area contributed by atoms with Crippen molar-refractivity contribution in [1.29, 1.82) is 5.26 Å². The molecule has 3 N–H and O–H groups in total. The van der Waals surface area contributed by atoms with E-state index in [0.29, 0.717) is 12.1 Å². The SMILES string of the molecule is N#CC(C(N)=O)C(=S)Nc1cc(C(F)(F)F)cc(C(F)(F)F)c1. The van der Waals surface area contributed by atoms with E-state index < -0.39 is 46.0 Å². The van der Waals surface area contributed by atoms with Crippen molar-refractivity contribution in [2.75, 3.05) is 5.32 Å². The van der Waals surface area contributed by atoms with Crippen molar-refractivity contribution in [2.45, 2.75) is 12.4 Å². The Balaban J connectivity index is 3.29. The quantitative estimate of drug-likeness (QED) is 0.645. The lowest BCUT2D eigenvalue weighted by Crippen LogP contribution is -2.32. The second-order valence-electron chi connectivity index (χ2n) is 4.25. The standard InChI is InChI=1S/C12H7F6N3OS/c13-11(14,15)5-1-6(12(16,17)18)3-7(2-5)21-10(23)8(4-19)9(20)22/h1-3,8H,(H2,20,22)(H,21,23). The van der Waals surface area contributed by atoms with Crippen LogP contribution < -0.4 is 11.1 Å². The molecule has 0 spiro atoms. The van der Waals surface area contributed by atoms with Crippen LogP contribution in [0.3, 0.4) is 0 Å². The van der Waals surface area contributed by atoms with Gasteiger partial charge in [-0.05, 0) is 18.2 Å². The topological polar surface area (TPSA) is 78.9 Å². The summed E-state index contributed by atoms with van der Waals surface area (Å²) in [5, 5.41) is 10.7. The van der Waals surface area contributed by atoms with Crippen molar-refractivity contribution in [3.8, 4) is 6.07 Å². The summed E-state index contributed by atoms with van der Waals surface area (Å²) in [6.07, 6.45) is -10.1. The molecular weight excluding hydrogens is 348 g/mol. The summed E-state index contributed by atoms with van der Waals surface area (Å²) in [4.78, 5) is 10.3. The number of carbonyl (C=O) groups is 1. The number of halogens is 6. The monoisotopic (exact) mass is 355 g/mol. The molecule has 0 aliphatic heterocycles. The van der Waals surface area contributed by atoms with E-state index in [1.807, 2.05) is 5.32 Å². The molecule has 1 aromatic carbocycles. The van der Waals surface area contributed by atoms with E-state index in [-0.39, 0.29) is 6.07 Å². The van der Waals surface area contributed by atoms with Gasteiger partial charge in [0.1, 0.15) is 4.99 Å². The van der Waals surface area contributed by atoms with Gasteiger partial charge < -0.3 is 11.1 Å². The Hall–Kier alpha value is -2.35. The lowest BCUT2D eigenvalue weighted by Gasteiger charge is -2.16. The molecule has 1 aromatic rings. The van der Waals surface area contributed by atoms with Gasteiger partial charge in [-0.2, -0.15) is 31.6 Å². The molecule has 0 aliphatic carbocycles. The zero-order valence-corrected chi connectivity index (χ0v) is 11.7. The molecule has 1 amide bonds. The smallest absolute Gasteiger partial charge is 0.368 e. The molecule has 1 atom stereocenters. The Morgan fingerprint density at radius 3 is 1.87 bits per heavy atom. The van der Waals surface area contributed by atoms with Gasteiger partial charge in [0.2, 0.25) is 5.91 Å². The number of nitriles is 1. The second-order valence-corrected chi connectivity index (χ2v) is 4.69. The maximum Gasteiger partial charge on any atom is 0.416 e. The first-order chi connectivity index (χ1) is 10.4. The maximum absolute atomic E-state index is 12.7. The van der Waals surface area contributed by atoms with Crippen molar-refractivity contribution in [3.05, 3.63) is 29.3 Å². The van der Waals surface area contributed by atoms with Crippen LogP contribution in [0.4, 0.5) is 32.0 Å². The van der Waals surface area contributed by atoms with E-state index in [2.05, 4.69) is 12.2 Å². The molecule has 0 fully saturated rings. The van der Waals surface area contributed by atoms with Crippen LogP contribution >= 0.6 is 12.2 Å². The number of hydrogen-bond acceptors (Lipinski definition) is 3. The molecule has 124 valence electrons. The summed E-state index contributed by atoms with van der Waals surface area (Å²) in [5.41, 5.74) is 1.05. The van der Waals surface area contributed by atoms with Gasteiger partial charge in [-0.1, -0.05) is 12.2 Å². The highest BCUT2D eigenvalue weighted by atomic mass is 32.1. The molecule has 0 aromatic heterocycles. The fraction of sp³-hybridized carbons (Fsp3) is 0.250. The van der Waals surface area contributed by atoms with Crippen LogP contribution in [0.25, 0.3) is 0 Å². The third kappa shape index (κ3) is 4.82. The molecule has 0 bridgehead atoms. The number of nitrogens with two attached hydrogens (primary N) is 1. The number of primary amides is 1. The minimum atomic E-state index is -5.03.